The Bertz CT molecular complexity index is 546. The topological polar surface area (TPSA) is 64.0 Å². The maximum absolute atomic E-state index is 11.6. The fourth-order valence-corrected chi connectivity index (χ4v) is 4.49. The summed E-state index contributed by atoms with van der Waals surface area (Å²) >= 11 is 0. The molecule has 1 N–H and O–H groups in total. The number of sulfone groups is 1. The third kappa shape index (κ3) is 2.19. The summed E-state index contributed by atoms with van der Waals surface area (Å²) in [6.07, 6.45) is 5.03. The molecule has 1 aliphatic heterocycles. The van der Waals surface area contributed by atoms with Crippen LogP contribution in [0.3, 0.4) is 0 Å². The number of nitrogens with one attached hydrogen (secondary N) is 1. The zero-order valence-corrected chi connectivity index (χ0v) is 11.4. The fourth-order valence-electron chi connectivity index (χ4n) is 2.80. The maximum Gasteiger partial charge on any atom is 0.152 e. The summed E-state index contributed by atoms with van der Waals surface area (Å²) in [5.74, 6) is 1.16. The zero-order valence-electron chi connectivity index (χ0n) is 10.6. The van der Waals surface area contributed by atoms with E-state index < -0.39 is 9.84 Å². The molecule has 1 aromatic heterocycles. The average molecular weight is 269 g/mol. The van der Waals surface area contributed by atoms with Gasteiger partial charge in [-0.2, -0.15) is 5.10 Å². The van der Waals surface area contributed by atoms with E-state index in [0.29, 0.717) is 18.1 Å². The molecular weight excluding hydrogens is 250 g/mol. The molecule has 100 valence electrons. The summed E-state index contributed by atoms with van der Waals surface area (Å²) < 4.78 is 25.2. The number of rotatable bonds is 4. The summed E-state index contributed by atoms with van der Waals surface area (Å²) in [7, 11) is -0.920. The summed E-state index contributed by atoms with van der Waals surface area (Å²) in [6.45, 7) is 0.811. The van der Waals surface area contributed by atoms with Crippen LogP contribution in [0.4, 0.5) is 0 Å². The molecule has 0 amide bonds. The second-order valence-electron chi connectivity index (χ2n) is 5.36. The van der Waals surface area contributed by atoms with Gasteiger partial charge in [-0.25, -0.2) is 8.42 Å². The third-order valence-corrected chi connectivity index (χ3v) is 5.55. The van der Waals surface area contributed by atoms with Crippen molar-refractivity contribution in [2.24, 2.45) is 0 Å². The van der Waals surface area contributed by atoms with Gasteiger partial charge in [-0.05, 0) is 26.3 Å². The molecule has 0 aromatic carbocycles. The molecule has 1 unspecified atom stereocenters. The summed E-state index contributed by atoms with van der Waals surface area (Å²) in [5, 5.41) is 7.61. The van der Waals surface area contributed by atoms with Crippen LogP contribution in [0.2, 0.25) is 0 Å². The molecule has 0 bridgehead atoms. The largest absolute Gasteiger partial charge is 0.316 e. The Kier molecular flexibility index (Phi) is 2.94. The highest BCUT2D eigenvalue weighted by Gasteiger charge is 2.36. The van der Waals surface area contributed by atoms with Crippen LogP contribution >= 0.6 is 0 Å². The first-order valence-corrected chi connectivity index (χ1v) is 8.34. The normalized spacial score (nSPS) is 26.6. The van der Waals surface area contributed by atoms with Crippen LogP contribution < -0.4 is 5.32 Å². The molecule has 1 aromatic rings. The van der Waals surface area contributed by atoms with Gasteiger partial charge in [0.05, 0.1) is 23.7 Å². The highest BCUT2D eigenvalue weighted by molar-refractivity contribution is 7.91. The Balaban J connectivity index is 1.92. The van der Waals surface area contributed by atoms with Crippen LogP contribution in [0.5, 0.6) is 0 Å². The van der Waals surface area contributed by atoms with Crippen LogP contribution in [-0.2, 0) is 16.4 Å². The van der Waals surface area contributed by atoms with Gasteiger partial charge in [0.1, 0.15) is 0 Å². The standard InChI is InChI=1S/C12H19N3O2S/c1-13-6-10-7-14-15(12(10)9-2-3-9)11-4-5-18(16,17)8-11/h7,9,11,13H,2-6,8H2,1H3. The van der Waals surface area contributed by atoms with Gasteiger partial charge in [0, 0.05) is 23.7 Å². The van der Waals surface area contributed by atoms with E-state index in [1.165, 1.54) is 24.1 Å². The highest BCUT2D eigenvalue weighted by Crippen LogP contribution is 2.43. The van der Waals surface area contributed by atoms with Crippen LogP contribution in [0.15, 0.2) is 6.20 Å². The van der Waals surface area contributed by atoms with Crippen molar-refractivity contribution in [3.8, 4) is 0 Å². The molecule has 0 radical (unpaired) electrons. The Labute approximate surface area is 107 Å². The molecule has 3 rings (SSSR count). The summed E-state index contributed by atoms with van der Waals surface area (Å²) in [4.78, 5) is 0. The lowest BCUT2D eigenvalue weighted by Crippen LogP contribution is -2.16. The number of hydrogen-bond acceptors (Lipinski definition) is 4. The van der Waals surface area contributed by atoms with Gasteiger partial charge in [-0.3, -0.25) is 4.68 Å². The van der Waals surface area contributed by atoms with E-state index in [4.69, 9.17) is 0 Å². The Morgan fingerprint density at radius 1 is 1.44 bits per heavy atom. The van der Waals surface area contributed by atoms with E-state index in [1.807, 2.05) is 17.9 Å². The third-order valence-electron chi connectivity index (χ3n) is 3.80. The summed E-state index contributed by atoms with van der Waals surface area (Å²) in [5.41, 5.74) is 2.50. The minimum absolute atomic E-state index is 0.0520. The van der Waals surface area contributed by atoms with Crippen molar-refractivity contribution < 1.29 is 8.42 Å². The molecule has 0 spiro atoms. The van der Waals surface area contributed by atoms with Gasteiger partial charge in [0.15, 0.2) is 9.84 Å². The van der Waals surface area contributed by atoms with Crippen molar-refractivity contribution in [1.82, 2.24) is 15.1 Å². The molecule has 2 aliphatic rings. The Morgan fingerprint density at radius 3 is 2.78 bits per heavy atom. The number of hydrogen-bond donors (Lipinski definition) is 1. The Hall–Kier alpha value is -0.880. The van der Waals surface area contributed by atoms with E-state index in [-0.39, 0.29) is 11.8 Å². The number of nitrogens with zero attached hydrogens (tertiary/aromatic N) is 2. The van der Waals surface area contributed by atoms with Gasteiger partial charge in [0.2, 0.25) is 0 Å². The van der Waals surface area contributed by atoms with E-state index in [2.05, 4.69) is 10.4 Å². The lowest BCUT2D eigenvalue weighted by atomic mass is 10.1. The molecule has 2 fully saturated rings. The zero-order chi connectivity index (χ0) is 12.8. The molecule has 2 heterocycles. The van der Waals surface area contributed by atoms with Gasteiger partial charge in [-0.1, -0.05) is 0 Å². The quantitative estimate of drug-likeness (QED) is 0.879. The molecule has 1 saturated carbocycles. The predicted molar refractivity (Wildman–Crippen MR) is 69.3 cm³/mol. The maximum atomic E-state index is 11.6. The van der Waals surface area contributed by atoms with E-state index in [9.17, 15) is 8.42 Å². The van der Waals surface area contributed by atoms with Crippen LogP contribution in [-0.4, -0.2) is 36.8 Å². The second kappa shape index (κ2) is 4.35. The van der Waals surface area contributed by atoms with Crippen molar-refractivity contribution in [2.75, 3.05) is 18.6 Å². The SMILES string of the molecule is CNCc1cnn(C2CCS(=O)(=O)C2)c1C1CC1. The molecule has 1 saturated heterocycles. The first-order valence-electron chi connectivity index (χ1n) is 6.52. The minimum Gasteiger partial charge on any atom is -0.316 e. The van der Waals surface area contributed by atoms with E-state index in [1.54, 1.807) is 0 Å². The van der Waals surface area contributed by atoms with Crippen molar-refractivity contribution in [3.05, 3.63) is 17.5 Å². The monoisotopic (exact) mass is 269 g/mol. The van der Waals surface area contributed by atoms with Crippen LogP contribution in [0, 0.1) is 0 Å². The van der Waals surface area contributed by atoms with Crippen molar-refractivity contribution in [1.29, 1.82) is 0 Å². The first kappa shape index (κ1) is 12.2. The van der Waals surface area contributed by atoms with Crippen LogP contribution in [0.1, 0.15) is 42.5 Å². The van der Waals surface area contributed by atoms with Crippen molar-refractivity contribution >= 4 is 9.84 Å². The molecule has 6 heteroatoms. The molecule has 1 atom stereocenters. The lowest BCUT2D eigenvalue weighted by Gasteiger charge is -2.14. The molecule has 1 aliphatic carbocycles. The highest BCUT2D eigenvalue weighted by atomic mass is 32.2. The smallest absolute Gasteiger partial charge is 0.152 e. The van der Waals surface area contributed by atoms with E-state index in [0.717, 1.165) is 6.54 Å². The van der Waals surface area contributed by atoms with Crippen molar-refractivity contribution in [3.63, 3.8) is 0 Å². The fraction of sp³-hybridized carbons (Fsp3) is 0.750. The van der Waals surface area contributed by atoms with Gasteiger partial charge in [-0.15, -0.1) is 0 Å². The van der Waals surface area contributed by atoms with Gasteiger partial charge in [0.25, 0.3) is 0 Å². The minimum atomic E-state index is -2.85. The molecular formula is C12H19N3O2S. The first-order chi connectivity index (χ1) is 8.61. The van der Waals surface area contributed by atoms with Crippen molar-refractivity contribution in [2.45, 2.75) is 37.8 Å². The average Bonchev–Trinajstić information content (AvgIpc) is 2.97. The van der Waals surface area contributed by atoms with E-state index >= 15 is 0 Å². The van der Waals surface area contributed by atoms with Gasteiger partial charge < -0.3 is 5.32 Å². The van der Waals surface area contributed by atoms with Gasteiger partial charge >= 0.3 is 0 Å². The summed E-state index contributed by atoms with van der Waals surface area (Å²) in [6, 6.07) is 0.0520. The Morgan fingerprint density at radius 2 is 2.22 bits per heavy atom. The molecule has 18 heavy (non-hydrogen) atoms. The predicted octanol–water partition coefficient (Wildman–Crippen LogP) is 0.839. The lowest BCUT2D eigenvalue weighted by molar-refractivity contribution is 0.479. The van der Waals surface area contributed by atoms with Crippen LogP contribution in [0.25, 0.3) is 0 Å². The number of aromatic nitrogens is 2. The second-order valence-corrected chi connectivity index (χ2v) is 7.59. The molecule has 5 nitrogen and oxygen atoms in total.